The van der Waals surface area contributed by atoms with Crippen molar-refractivity contribution in [2.24, 2.45) is 0 Å². The molecule has 2 atom stereocenters. The maximum absolute atomic E-state index is 14.5. The molecule has 3 aliphatic rings. The third-order valence-corrected chi connectivity index (χ3v) is 9.62. The summed E-state index contributed by atoms with van der Waals surface area (Å²) in [5, 5.41) is 13.5. The minimum atomic E-state index is -1.07. The lowest BCUT2D eigenvalue weighted by atomic mass is 9.81. The number of fused-ring (bicyclic) bond motifs is 2. The molecule has 3 aromatic rings. The highest BCUT2D eigenvalue weighted by molar-refractivity contribution is 9.10. The van der Waals surface area contributed by atoms with Gasteiger partial charge in [0.15, 0.2) is 11.6 Å². The summed E-state index contributed by atoms with van der Waals surface area (Å²) in [6.45, 7) is 1.40. The van der Waals surface area contributed by atoms with Crippen LogP contribution in [0, 0.1) is 17.5 Å². The van der Waals surface area contributed by atoms with Crippen LogP contribution in [-0.2, 0) is 17.6 Å². The quantitative estimate of drug-likeness (QED) is 0.221. The van der Waals surface area contributed by atoms with Crippen LogP contribution in [0.25, 0.3) is 5.57 Å². The fourth-order valence-corrected chi connectivity index (χ4v) is 6.88. The molecule has 2 fully saturated rings. The summed E-state index contributed by atoms with van der Waals surface area (Å²) in [4.78, 5) is 30.0. The van der Waals surface area contributed by atoms with Gasteiger partial charge in [-0.2, -0.15) is 0 Å². The Morgan fingerprint density at radius 1 is 1.02 bits per heavy atom. The molecule has 0 radical (unpaired) electrons. The van der Waals surface area contributed by atoms with E-state index in [0.717, 1.165) is 42.0 Å². The Bertz CT molecular complexity index is 1650. The van der Waals surface area contributed by atoms with Gasteiger partial charge in [-0.25, -0.2) is 18.0 Å². The molecule has 2 aliphatic heterocycles. The van der Waals surface area contributed by atoms with Gasteiger partial charge in [0.25, 0.3) is 5.91 Å². The maximum Gasteiger partial charge on any atom is 0.408 e. The van der Waals surface area contributed by atoms with Gasteiger partial charge < -0.3 is 20.1 Å². The summed E-state index contributed by atoms with van der Waals surface area (Å²) in [7, 11) is 0. The molecule has 1 aliphatic carbocycles. The van der Waals surface area contributed by atoms with Crippen molar-refractivity contribution in [3.63, 3.8) is 0 Å². The van der Waals surface area contributed by atoms with E-state index in [1.165, 1.54) is 29.2 Å². The fraction of sp³-hybridized carbons (Fsp3) is 0.371. The molecule has 1 saturated heterocycles. The Labute approximate surface area is 274 Å². The largest absolute Gasteiger partial charge is 0.492 e. The number of rotatable bonds is 11. The first-order valence-electron chi connectivity index (χ1n) is 15.6. The number of hydrogen-bond donors (Lipinski definition) is 2. The molecule has 6 rings (SSSR count). The number of amides is 2. The van der Waals surface area contributed by atoms with Crippen LogP contribution in [0.4, 0.5) is 18.0 Å². The molecule has 2 N–H and O–H groups in total. The molecule has 2 amide bonds. The first-order valence-corrected chi connectivity index (χ1v) is 16.4. The zero-order valence-corrected chi connectivity index (χ0v) is 26.7. The molecular formula is C35H35BrF3N3O4. The second-order valence-corrected chi connectivity index (χ2v) is 12.9. The number of carbonyl (C=O) groups is 2. The van der Waals surface area contributed by atoms with Crippen LogP contribution in [0.3, 0.4) is 0 Å². The summed E-state index contributed by atoms with van der Waals surface area (Å²) in [5.74, 6) is -2.00. The summed E-state index contributed by atoms with van der Waals surface area (Å²) in [6, 6.07) is 15.3. The van der Waals surface area contributed by atoms with E-state index in [1.807, 2.05) is 24.3 Å². The third kappa shape index (κ3) is 6.95. The van der Waals surface area contributed by atoms with Crippen LogP contribution in [0.1, 0.15) is 42.4 Å². The standard InChI is InChI=1S/C35H35BrF3N3O4/c36-28-13-10-24(37)17-31(28)46-16-2-3-21-6-8-22(9-7-21)27-18-26-19-40-20-30(42(26)35(44)45)32(27)34(43)41(25-11-12-25)15-14-23-4-1-5-29(38)33(23)39/h1,4-10,13,17,25-26,30,40H,2-3,11-12,14-16,18-20H2,(H,44,45). The first-order chi connectivity index (χ1) is 22.2. The van der Waals surface area contributed by atoms with Crippen LogP contribution in [0.15, 0.2) is 70.7 Å². The first kappa shape index (κ1) is 32.1. The van der Waals surface area contributed by atoms with Crippen molar-refractivity contribution in [3.8, 4) is 5.75 Å². The summed E-state index contributed by atoms with van der Waals surface area (Å²) < 4.78 is 48.3. The van der Waals surface area contributed by atoms with E-state index < -0.39 is 23.8 Å². The highest BCUT2D eigenvalue weighted by Crippen LogP contribution is 2.39. The van der Waals surface area contributed by atoms with E-state index in [4.69, 9.17) is 4.74 Å². The lowest BCUT2D eigenvalue weighted by molar-refractivity contribution is -0.128. The van der Waals surface area contributed by atoms with E-state index in [2.05, 4.69) is 21.2 Å². The van der Waals surface area contributed by atoms with E-state index in [0.29, 0.717) is 48.3 Å². The smallest absolute Gasteiger partial charge is 0.408 e. The van der Waals surface area contributed by atoms with Crippen molar-refractivity contribution >= 4 is 33.5 Å². The van der Waals surface area contributed by atoms with Gasteiger partial charge in [0.2, 0.25) is 0 Å². The predicted octanol–water partition coefficient (Wildman–Crippen LogP) is 6.59. The summed E-state index contributed by atoms with van der Waals surface area (Å²) in [6.07, 6.45) is 2.52. The molecule has 11 heteroatoms. The van der Waals surface area contributed by atoms with Gasteiger partial charge in [-0.3, -0.25) is 9.69 Å². The molecule has 2 bridgehead atoms. The topological polar surface area (TPSA) is 82.1 Å². The predicted molar refractivity (Wildman–Crippen MR) is 171 cm³/mol. The van der Waals surface area contributed by atoms with Crippen LogP contribution < -0.4 is 10.1 Å². The molecule has 3 aromatic carbocycles. The average Bonchev–Trinajstić information content (AvgIpc) is 3.88. The number of nitrogens with one attached hydrogen (secondary N) is 1. The van der Waals surface area contributed by atoms with Crippen molar-refractivity contribution in [3.05, 3.63) is 105 Å². The lowest BCUT2D eigenvalue weighted by Crippen LogP contribution is -2.63. The third-order valence-electron chi connectivity index (χ3n) is 8.96. The van der Waals surface area contributed by atoms with Crippen LogP contribution in [0.2, 0.25) is 0 Å². The van der Waals surface area contributed by atoms with E-state index >= 15 is 0 Å². The van der Waals surface area contributed by atoms with E-state index in [9.17, 15) is 27.9 Å². The number of carbonyl (C=O) groups excluding carboxylic acids is 1. The zero-order chi connectivity index (χ0) is 32.4. The van der Waals surface area contributed by atoms with Gasteiger partial charge in [0, 0.05) is 37.3 Å². The highest BCUT2D eigenvalue weighted by atomic mass is 79.9. The van der Waals surface area contributed by atoms with Crippen molar-refractivity contribution < 1.29 is 32.6 Å². The van der Waals surface area contributed by atoms with E-state index in [1.54, 1.807) is 11.0 Å². The molecule has 0 aromatic heterocycles. The summed E-state index contributed by atoms with van der Waals surface area (Å²) in [5.41, 5.74) is 3.40. The van der Waals surface area contributed by atoms with Gasteiger partial charge in [0.1, 0.15) is 11.6 Å². The van der Waals surface area contributed by atoms with Gasteiger partial charge in [-0.15, -0.1) is 0 Å². The lowest BCUT2D eigenvalue weighted by Gasteiger charge is -2.47. The number of benzene rings is 3. The number of ether oxygens (including phenoxy) is 1. The van der Waals surface area contributed by atoms with Crippen molar-refractivity contribution in [2.45, 2.75) is 56.7 Å². The Hall–Kier alpha value is -3.83. The van der Waals surface area contributed by atoms with Crippen molar-refractivity contribution in [2.75, 3.05) is 26.2 Å². The normalized spacial score (nSPS) is 19.3. The number of piperazine rings is 1. The van der Waals surface area contributed by atoms with Gasteiger partial charge in [-0.1, -0.05) is 36.4 Å². The molecule has 1 saturated carbocycles. The number of nitrogens with zero attached hydrogens (tertiary/aromatic N) is 2. The highest BCUT2D eigenvalue weighted by Gasteiger charge is 2.46. The molecule has 242 valence electrons. The number of carboxylic acid groups (broad SMARTS) is 1. The number of aryl methyl sites for hydroxylation is 1. The SMILES string of the molecule is O=C(C1=C(c2ccc(CCCOc3cc(F)ccc3Br)cc2)CC2CNCC1N2C(=O)O)N(CCc1cccc(F)c1F)C1CC1. The molecule has 46 heavy (non-hydrogen) atoms. The molecule has 0 spiro atoms. The van der Waals surface area contributed by atoms with Gasteiger partial charge >= 0.3 is 6.09 Å². The fourth-order valence-electron chi connectivity index (χ4n) is 6.52. The second kappa shape index (κ2) is 13.9. The van der Waals surface area contributed by atoms with Crippen molar-refractivity contribution in [1.29, 1.82) is 0 Å². The Kier molecular flexibility index (Phi) is 9.70. The van der Waals surface area contributed by atoms with Crippen LogP contribution in [0.5, 0.6) is 5.75 Å². The molecule has 7 nitrogen and oxygen atoms in total. The minimum absolute atomic E-state index is 0.0250. The number of halogens is 4. The Balaban J connectivity index is 1.23. The summed E-state index contributed by atoms with van der Waals surface area (Å²) >= 11 is 3.37. The average molecular weight is 699 g/mol. The maximum atomic E-state index is 14.5. The van der Waals surface area contributed by atoms with Gasteiger partial charge in [0.05, 0.1) is 23.2 Å². The Morgan fingerprint density at radius 3 is 2.54 bits per heavy atom. The van der Waals surface area contributed by atoms with Gasteiger partial charge in [-0.05, 0) is 94.9 Å². The Morgan fingerprint density at radius 2 is 1.80 bits per heavy atom. The van der Waals surface area contributed by atoms with Crippen molar-refractivity contribution in [1.82, 2.24) is 15.1 Å². The molecular weight excluding hydrogens is 663 g/mol. The second-order valence-electron chi connectivity index (χ2n) is 12.0. The number of hydrogen-bond acceptors (Lipinski definition) is 4. The monoisotopic (exact) mass is 697 g/mol. The van der Waals surface area contributed by atoms with E-state index in [-0.39, 0.29) is 42.3 Å². The van der Waals surface area contributed by atoms with Crippen LogP contribution in [-0.4, -0.2) is 71.3 Å². The zero-order valence-electron chi connectivity index (χ0n) is 25.2. The minimum Gasteiger partial charge on any atom is -0.492 e. The molecule has 2 heterocycles. The van der Waals surface area contributed by atoms with Crippen LogP contribution >= 0.6 is 15.9 Å². The molecule has 2 unspecified atom stereocenters.